The van der Waals surface area contributed by atoms with Crippen molar-refractivity contribution in [2.45, 2.75) is 76.6 Å². The fourth-order valence-corrected chi connectivity index (χ4v) is 6.87. The van der Waals surface area contributed by atoms with Gasteiger partial charge in [0.25, 0.3) is 15.9 Å². The summed E-state index contributed by atoms with van der Waals surface area (Å²) in [4.78, 5) is 29.5. The Balaban J connectivity index is 1.62. The van der Waals surface area contributed by atoms with Crippen molar-refractivity contribution < 1.29 is 37.7 Å². The largest absolute Gasteiger partial charge is 0.490 e. The van der Waals surface area contributed by atoms with Gasteiger partial charge in [-0.25, -0.2) is 13.2 Å². The molecule has 0 spiro atoms. The highest BCUT2D eigenvalue weighted by molar-refractivity contribution is 7.92. The summed E-state index contributed by atoms with van der Waals surface area (Å²) in [6.45, 7) is 9.25. The number of ether oxygens (including phenoxy) is 2. The second kappa shape index (κ2) is 17.1. The molecular formula is C37H49N3O8S. The summed E-state index contributed by atoms with van der Waals surface area (Å²) in [6, 6.07) is 17.5. The summed E-state index contributed by atoms with van der Waals surface area (Å²) < 4.78 is 41.8. The van der Waals surface area contributed by atoms with Gasteiger partial charge in [0.15, 0.2) is 0 Å². The predicted molar refractivity (Wildman–Crippen MR) is 189 cm³/mol. The summed E-state index contributed by atoms with van der Waals surface area (Å²) in [5.74, 6) is -1.17. The first-order chi connectivity index (χ1) is 23.3. The molecule has 1 amide bonds. The number of aliphatic hydroxyl groups is 1. The van der Waals surface area contributed by atoms with Crippen LogP contribution >= 0.6 is 0 Å². The number of nitrogens with one attached hydrogen (secondary N) is 1. The van der Waals surface area contributed by atoms with Crippen molar-refractivity contribution in [3.05, 3.63) is 89.0 Å². The van der Waals surface area contributed by atoms with Gasteiger partial charge in [0.1, 0.15) is 5.75 Å². The highest BCUT2D eigenvalue weighted by Gasteiger charge is 2.31. The van der Waals surface area contributed by atoms with Gasteiger partial charge in [0.05, 0.1) is 40.9 Å². The third-order valence-electron chi connectivity index (χ3n) is 8.78. The molecule has 1 heterocycles. The number of carbonyl (C=O) groups is 2. The fraction of sp³-hybridized carbons (Fsp3) is 0.459. The third-order valence-corrected chi connectivity index (χ3v) is 10.2. The number of rotatable bonds is 10. The molecule has 0 fully saturated rings. The van der Waals surface area contributed by atoms with Gasteiger partial charge < -0.3 is 24.6 Å². The Hall–Kier alpha value is -3.97. The first kappa shape index (κ1) is 37.8. The molecule has 49 heavy (non-hydrogen) atoms. The lowest BCUT2D eigenvalue weighted by atomic mass is 10.0. The van der Waals surface area contributed by atoms with Gasteiger partial charge in [-0.2, -0.15) is 0 Å². The number of carbonyl (C=O) groups excluding carboxylic acids is 1. The van der Waals surface area contributed by atoms with Gasteiger partial charge >= 0.3 is 5.97 Å². The van der Waals surface area contributed by atoms with Gasteiger partial charge in [-0.3, -0.25) is 14.4 Å². The zero-order valence-electron chi connectivity index (χ0n) is 29.0. The van der Waals surface area contributed by atoms with E-state index in [4.69, 9.17) is 9.47 Å². The number of aliphatic hydroxyl groups excluding tert-OH is 1. The van der Waals surface area contributed by atoms with E-state index >= 15 is 0 Å². The van der Waals surface area contributed by atoms with E-state index in [9.17, 15) is 28.2 Å². The van der Waals surface area contributed by atoms with Crippen LogP contribution in [0.15, 0.2) is 71.6 Å². The van der Waals surface area contributed by atoms with E-state index in [1.165, 1.54) is 18.2 Å². The molecule has 4 atom stereocenters. The number of likely N-dealkylation sites (N-methyl/N-ethyl adjacent to an activating group) is 1. The number of anilines is 1. The van der Waals surface area contributed by atoms with Crippen LogP contribution in [0, 0.1) is 12.8 Å². The Kier molecular flexibility index (Phi) is 13.2. The zero-order chi connectivity index (χ0) is 35.7. The first-order valence-corrected chi connectivity index (χ1v) is 18.2. The minimum atomic E-state index is -3.93. The molecule has 3 aromatic carbocycles. The molecule has 3 N–H and O–H groups in total. The van der Waals surface area contributed by atoms with Crippen molar-refractivity contribution in [1.29, 1.82) is 0 Å². The van der Waals surface area contributed by atoms with Crippen LogP contribution in [-0.4, -0.2) is 91.9 Å². The summed E-state index contributed by atoms with van der Waals surface area (Å²) in [7, 11) is -1.96. The summed E-state index contributed by atoms with van der Waals surface area (Å²) in [6.07, 6.45) is 1.91. The summed E-state index contributed by atoms with van der Waals surface area (Å²) in [5, 5.41) is 19.5. The van der Waals surface area contributed by atoms with Gasteiger partial charge in [-0.15, -0.1) is 0 Å². The number of carboxylic acids is 1. The molecule has 0 unspecified atom stereocenters. The Morgan fingerprint density at radius 2 is 1.76 bits per heavy atom. The molecule has 0 saturated carbocycles. The molecule has 4 rings (SSSR count). The van der Waals surface area contributed by atoms with Crippen molar-refractivity contribution >= 4 is 27.6 Å². The number of hydrogen-bond donors (Lipinski definition) is 3. The van der Waals surface area contributed by atoms with Crippen molar-refractivity contribution in [2.75, 3.05) is 38.1 Å². The topological polar surface area (TPSA) is 146 Å². The molecule has 1 aliphatic rings. The van der Waals surface area contributed by atoms with Gasteiger partial charge in [-0.05, 0) is 95.1 Å². The molecule has 266 valence electrons. The highest BCUT2D eigenvalue weighted by Crippen LogP contribution is 2.29. The van der Waals surface area contributed by atoms with Crippen molar-refractivity contribution in [1.82, 2.24) is 9.80 Å². The first-order valence-electron chi connectivity index (χ1n) is 16.7. The maximum atomic E-state index is 14.4. The van der Waals surface area contributed by atoms with Crippen molar-refractivity contribution in [2.24, 2.45) is 5.92 Å². The molecule has 3 aromatic rings. The smallest absolute Gasteiger partial charge is 0.335 e. The van der Waals surface area contributed by atoms with Crippen LogP contribution in [-0.2, 0) is 21.3 Å². The van der Waals surface area contributed by atoms with E-state index in [0.717, 1.165) is 30.4 Å². The lowest BCUT2D eigenvalue weighted by molar-refractivity contribution is -0.0177. The summed E-state index contributed by atoms with van der Waals surface area (Å²) >= 11 is 0. The standard InChI is InChI=1S/C37H49N3O8S/c1-25-9-16-32(17-10-25)49(45,46)38-31-15-18-34-33(20-31)36(42)40(27(3)24-41)21-26(2)35(47-19-7-6-8-28(4)48-34)23-39(5)22-29-11-13-30(14-12-29)37(43)44/h9-18,20,26-28,35,38,41H,6-8,19,21-24H2,1-5H3,(H,43,44)/t26-,27+,28-,35-/m1/s1. The molecule has 0 aromatic heterocycles. The lowest BCUT2D eigenvalue weighted by Crippen LogP contribution is -2.47. The van der Waals surface area contributed by atoms with Gasteiger partial charge in [0, 0.05) is 37.8 Å². The molecule has 0 bridgehead atoms. The number of aromatic carboxylic acids is 1. The Morgan fingerprint density at radius 3 is 2.41 bits per heavy atom. The third kappa shape index (κ3) is 10.5. The Morgan fingerprint density at radius 1 is 1.06 bits per heavy atom. The predicted octanol–water partition coefficient (Wildman–Crippen LogP) is 5.42. The minimum absolute atomic E-state index is 0.104. The monoisotopic (exact) mass is 695 g/mol. The molecule has 11 nitrogen and oxygen atoms in total. The van der Waals surface area contributed by atoms with Crippen LogP contribution in [0.25, 0.3) is 0 Å². The summed E-state index contributed by atoms with van der Waals surface area (Å²) in [5.41, 5.74) is 2.54. The number of sulfonamides is 1. The van der Waals surface area contributed by atoms with Crippen molar-refractivity contribution in [3.8, 4) is 5.75 Å². The van der Waals surface area contributed by atoms with E-state index in [1.807, 2.05) is 27.8 Å². The number of hydrogen-bond acceptors (Lipinski definition) is 8. The second-order valence-electron chi connectivity index (χ2n) is 13.1. The minimum Gasteiger partial charge on any atom is -0.490 e. The molecule has 0 aliphatic carbocycles. The van der Waals surface area contributed by atoms with Crippen molar-refractivity contribution in [3.63, 3.8) is 0 Å². The molecular weight excluding hydrogens is 646 g/mol. The highest BCUT2D eigenvalue weighted by atomic mass is 32.2. The maximum Gasteiger partial charge on any atom is 0.335 e. The second-order valence-corrected chi connectivity index (χ2v) is 14.8. The van der Waals surface area contributed by atoms with Crippen LogP contribution in [0.3, 0.4) is 0 Å². The van der Waals surface area contributed by atoms with E-state index in [0.29, 0.717) is 25.4 Å². The number of aryl methyl sites for hydroxylation is 1. The normalized spacial score (nSPS) is 20.2. The lowest BCUT2D eigenvalue weighted by Gasteiger charge is -2.36. The SMILES string of the molecule is Cc1ccc(S(=O)(=O)Nc2ccc3c(c2)C(=O)N([C@@H](C)CO)C[C@@H](C)[C@@H](CN(C)Cc2ccc(C(=O)O)cc2)OCCCC[C@@H](C)O3)cc1. The number of fused-ring (bicyclic) bond motifs is 1. The molecule has 1 aliphatic heterocycles. The molecule has 0 saturated heterocycles. The van der Waals surface area contributed by atoms with Crippen LogP contribution < -0.4 is 9.46 Å². The van der Waals surface area contributed by atoms with Crippen LogP contribution in [0.1, 0.15) is 71.9 Å². The number of amides is 1. The van der Waals surface area contributed by atoms with Gasteiger partial charge in [0.2, 0.25) is 0 Å². The van der Waals surface area contributed by atoms with E-state index in [1.54, 1.807) is 60.4 Å². The van der Waals surface area contributed by atoms with E-state index < -0.39 is 27.9 Å². The average Bonchev–Trinajstić information content (AvgIpc) is 3.06. The quantitative estimate of drug-likeness (QED) is 0.253. The number of carboxylic acid groups (broad SMARTS) is 1. The zero-order valence-corrected chi connectivity index (χ0v) is 29.8. The van der Waals surface area contributed by atoms with Crippen LogP contribution in [0.5, 0.6) is 5.75 Å². The van der Waals surface area contributed by atoms with E-state index in [2.05, 4.69) is 9.62 Å². The van der Waals surface area contributed by atoms with E-state index in [-0.39, 0.29) is 53.0 Å². The maximum absolute atomic E-state index is 14.4. The Bertz CT molecular complexity index is 1660. The molecule has 12 heteroatoms. The van der Waals surface area contributed by atoms with Gasteiger partial charge in [-0.1, -0.05) is 36.8 Å². The number of nitrogens with zero attached hydrogens (tertiary/aromatic N) is 2. The Labute approximate surface area is 289 Å². The molecule has 0 radical (unpaired) electrons. The fourth-order valence-electron chi connectivity index (χ4n) is 5.82. The van der Waals surface area contributed by atoms with Crippen LogP contribution in [0.2, 0.25) is 0 Å². The average molecular weight is 696 g/mol. The number of benzene rings is 3. The van der Waals surface area contributed by atoms with Crippen LogP contribution in [0.4, 0.5) is 5.69 Å².